The lowest BCUT2D eigenvalue weighted by molar-refractivity contribution is -0.191. The van der Waals surface area contributed by atoms with E-state index in [2.05, 4.69) is 9.47 Å². The van der Waals surface area contributed by atoms with Crippen LogP contribution in [0, 0.1) is 34.9 Å². The molecule has 0 aliphatic rings. The molecule has 12 heteroatoms. The van der Waals surface area contributed by atoms with Crippen molar-refractivity contribution in [2.45, 2.75) is 32.0 Å². The third-order valence-electron chi connectivity index (χ3n) is 5.86. The maximum atomic E-state index is 14.7. The number of hydrogen-bond donors (Lipinski definition) is 0. The molecule has 216 valence electrons. The number of hydrogen-bond acceptors (Lipinski definition) is 2. The number of benzene rings is 4. The summed E-state index contributed by atoms with van der Waals surface area (Å²) in [7, 11) is 0. The molecule has 0 aliphatic carbocycles. The quantitative estimate of drug-likeness (QED) is 0.182. The fraction of sp³-hybridized carbons (Fsp3) is 0.172. The van der Waals surface area contributed by atoms with Crippen LogP contribution in [0.4, 0.5) is 43.9 Å². The molecule has 0 unspecified atom stereocenters. The minimum atomic E-state index is -4.79. The number of aryl methyl sites for hydroxylation is 1. The molecule has 0 amide bonds. The molecule has 2 nitrogen and oxygen atoms in total. The topological polar surface area (TPSA) is 18.5 Å². The van der Waals surface area contributed by atoms with Crippen LogP contribution in [0.25, 0.3) is 11.1 Å². The molecule has 4 aromatic rings. The Labute approximate surface area is 226 Å². The van der Waals surface area contributed by atoms with Gasteiger partial charge in [-0.3, -0.25) is 0 Å². The minimum Gasteiger partial charge on any atom is -0.429 e. The van der Waals surface area contributed by atoms with E-state index in [-0.39, 0.29) is 23.3 Å². The lowest BCUT2D eigenvalue weighted by atomic mass is 10.0. The number of ether oxygens (including phenoxy) is 2. The van der Waals surface area contributed by atoms with Gasteiger partial charge in [0.15, 0.2) is 11.6 Å². The van der Waals surface area contributed by atoms with E-state index in [4.69, 9.17) is 0 Å². The van der Waals surface area contributed by atoms with Gasteiger partial charge in [0.25, 0.3) is 0 Å². The van der Waals surface area contributed by atoms with Crippen LogP contribution in [-0.4, -0.2) is 0 Å². The molecule has 0 saturated heterocycles. The van der Waals surface area contributed by atoms with Crippen molar-refractivity contribution in [1.82, 2.24) is 0 Å². The van der Waals surface area contributed by atoms with E-state index >= 15 is 0 Å². The highest BCUT2D eigenvalue weighted by Crippen LogP contribution is 2.40. The van der Waals surface area contributed by atoms with E-state index in [9.17, 15) is 43.9 Å². The monoisotopic (exact) mass is 588 g/mol. The first-order valence-corrected chi connectivity index (χ1v) is 11.9. The summed E-state index contributed by atoms with van der Waals surface area (Å²) < 4.78 is 152. The van der Waals surface area contributed by atoms with Crippen LogP contribution in [0.3, 0.4) is 0 Å². The zero-order valence-electron chi connectivity index (χ0n) is 20.9. The SMILES string of the molecule is CCCc1ccc(C(F)(F)Oc2cc(F)c(C(F)(F)Oc3ccc(-c4ccc(F)c(F)c4)c(F)c3)c(F)c2)c(F)c1. The predicted octanol–water partition coefficient (Wildman–Crippen LogP) is 9.40. The van der Waals surface area contributed by atoms with Gasteiger partial charge in [0.2, 0.25) is 0 Å². The van der Waals surface area contributed by atoms with E-state index in [1.807, 2.05) is 0 Å². The third kappa shape index (κ3) is 6.41. The second kappa shape index (κ2) is 11.3. The molecule has 0 saturated carbocycles. The highest BCUT2D eigenvalue weighted by molar-refractivity contribution is 5.65. The predicted molar refractivity (Wildman–Crippen MR) is 128 cm³/mol. The normalized spacial score (nSPS) is 12.0. The Bertz CT molecular complexity index is 1560. The Kier molecular flexibility index (Phi) is 8.23. The van der Waals surface area contributed by atoms with Gasteiger partial charge in [-0.1, -0.05) is 25.5 Å². The highest BCUT2D eigenvalue weighted by Gasteiger charge is 2.43. The van der Waals surface area contributed by atoms with Gasteiger partial charge in [0.05, 0.1) is 5.56 Å². The van der Waals surface area contributed by atoms with Gasteiger partial charge in [-0.2, -0.15) is 17.6 Å². The maximum Gasteiger partial charge on any atom is 0.432 e. The van der Waals surface area contributed by atoms with E-state index < -0.39 is 69.7 Å². The first kappa shape index (κ1) is 29.8. The van der Waals surface area contributed by atoms with Crippen LogP contribution in [0.2, 0.25) is 0 Å². The Morgan fingerprint density at radius 2 is 1.20 bits per heavy atom. The second-order valence-electron chi connectivity index (χ2n) is 8.83. The zero-order chi connectivity index (χ0) is 30.1. The molecule has 0 fully saturated rings. The van der Waals surface area contributed by atoms with Gasteiger partial charge < -0.3 is 9.47 Å². The molecule has 4 aromatic carbocycles. The molecule has 0 spiro atoms. The van der Waals surface area contributed by atoms with Crippen LogP contribution in [-0.2, 0) is 18.6 Å². The van der Waals surface area contributed by atoms with E-state index in [0.29, 0.717) is 30.5 Å². The van der Waals surface area contributed by atoms with Crippen molar-refractivity contribution in [2.75, 3.05) is 0 Å². The van der Waals surface area contributed by atoms with Crippen molar-refractivity contribution in [3.63, 3.8) is 0 Å². The van der Waals surface area contributed by atoms with Gasteiger partial charge in [-0.15, -0.1) is 0 Å². The first-order chi connectivity index (χ1) is 19.2. The summed E-state index contributed by atoms with van der Waals surface area (Å²) in [6.07, 6.45) is -8.20. The molecule has 4 rings (SSSR count). The van der Waals surface area contributed by atoms with Gasteiger partial charge in [0, 0.05) is 23.8 Å². The summed E-state index contributed by atoms with van der Waals surface area (Å²) in [5.74, 6) is -11.3. The van der Waals surface area contributed by atoms with E-state index in [1.54, 1.807) is 6.92 Å². The average Bonchev–Trinajstić information content (AvgIpc) is 2.85. The lowest BCUT2D eigenvalue weighted by Crippen LogP contribution is -2.26. The van der Waals surface area contributed by atoms with Gasteiger partial charge in [0.1, 0.15) is 40.3 Å². The van der Waals surface area contributed by atoms with Gasteiger partial charge in [-0.05, 0) is 53.9 Å². The fourth-order valence-corrected chi connectivity index (χ4v) is 3.98. The molecule has 0 atom stereocenters. The number of halogens is 10. The van der Waals surface area contributed by atoms with Crippen LogP contribution < -0.4 is 9.47 Å². The summed E-state index contributed by atoms with van der Waals surface area (Å²) in [6, 6.07) is 7.35. The summed E-state index contributed by atoms with van der Waals surface area (Å²) >= 11 is 0. The van der Waals surface area contributed by atoms with Crippen molar-refractivity contribution in [3.05, 3.63) is 118 Å². The molecule has 0 bridgehead atoms. The molecule has 0 N–H and O–H groups in total. The number of rotatable bonds is 9. The second-order valence-corrected chi connectivity index (χ2v) is 8.83. The van der Waals surface area contributed by atoms with Crippen molar-refractivity contribution in [2.24, 2.45) is 0 Å². The Morgan fingerprint density at radius 1 is 0.561 bits per heavy atom. The van der Waals surface area contributed by atoms with E-state index in [0.717, 1.165) is 36.4 Å². The van der Waals surface area contributed by atoms with Crippen molar-refractivity contribution in [1.29, 1.82) is 0 Å². The van der Waals surface area contributed by atoms with Crippen LogP contribution in [0.15, 0.2) is 66.7 Å². The molecule has 41 heavy (non-hydrogen) atoms. The average molecular weight is 588 g/mol. The molecular weight excluding hydrogens is 570 g/mol. The molecule has 0 aromatic heterocycles. The molecule has 0 heterocycles. The van der Waals surface area contributed by atoms with E-state index in [1.165, 1.54) is 6.07 Å². The summed E-state index contributed by atoms with van der Waals surface area (Å²) in [6.45, 7) is 1.79. The smallest absolute Gasteiger partial charge is 0.429 e. The fourth-order valence-electron chi connectivity index (χ4n) is 3.98. The largest absolute Gasteiger partial charge is 0.432 e. The van der Waals surface area contributed by atoms with Crippen LogP contribution in [0.5, 0.6) is 11.5 Å². The highest BCUT2D eigenvalue weighted by atomic mass is 19.3. The number of alkyl halides is 4. The zero-order valence-corrected chi connectivity index (χ0v) is 20.9. The lowest BCUT2D eigenvalue weighted by Gasteiger charge is -2.22. The molecule has 0 radical (unpaired) electrons. The first-order valence-electron chi connectivity index (χ1n) is 11.9. The third-order valence-corrected chi connectivity index (χ3v) is 5.86. The Hall–Kier alpha value is -4.22. The van der Waals surface area contributed by atoms with Crippen molar-refractivity contribution in [3.8, 4) is 22.6 Å². The van der Waals surface area contributed by atoms with Crippen molar-refractivity contribution < 1.29 is 53.4 Å². The maximum absolute atomic E-state index is 14.7. The standard InChI is InChI=1S/C29H18F10O2/c1-2-3-15-4-8-20(23(32)10-15)28(36,37)41-18-13-25(34)27(26(35)14-18)29(38,39)40-17-6-7-19(22(31)12-17)16-5-9-21(30)24(33)11-16/h4-14H,2-3H2,1H3. The Morgan fingerprint density at radius 3 is 1.78 bits per heavy atom. The Balaban J connectivity index is 1.56. The summed E-state index contributed by atoms with van der Waals surface area (Å²) in [4.78, 5) is 0. The molecule has 0 aliphatic heterocycles. The van der Waals surface area contributed by atoms with Gasteiger partial charge >= 0.3 is 12.2 Å². The minimum absolute atomic E-state index is 0.0275. The van der Waals surface area contributed by atoms with Crippen LogP contribution >= 0.6 is 0 Å². The molecular formula is C29H18F10O2. The summed E-state index contributed by atoms with van der Waals surface area (Å²) in [5, 5.41) is 0. The van der Waals surface area contributed by atoms with Gasteiger partial charge in [-0.25, -0.2) is 26.3 Å². The van der Waals surface area contributed by atoms with Crippen LogP contribution in [0.1, 0.15) is 30.0 Å². The summed E-state index contributed by atoms with van der Waals surface area (Å²) in [5.41, 5.74) is -3.29. The van der Waals surface area contributed by atoms with Crippen molar-refractivity contribution >= 4 is 0 Å².